The Hall–Kier alpha value is -4.20. The molecule has 0 bridgehead atoms. The van der Waals surface area contributed by atoms with E-state index in [1.807, 2.05) is 30.3 Å². The highest BCUT2D eigenvalue weighted by molar-refractivity contribution is 5.96. The van der Waals surface area contributed by atoms with Crippen molar-refractivity contribution in [1.29, 1.82) is 0 Å². The first-order valence-corrected chi connectivity index (χ1v) is 11.1. The molecule has 0 aliphatic rings. The minimum Gasteiger partial charge on any atom is -0.465 e. The molecule has 0 aliphatic heterocycles. The number of carbonyl (C=O) groups is 2. The third-order valence-corrected chi connectivity index (χ3v) is 5.58. The summed E-state index contributed by atoms with van der Waals surface area (Å²) in [7, 11) is 1.31. The Bertz CT molecular complexity index is 1370. The standard InChI is InChI=1S/C26H26N4O4/c1-3-4-14-29-17-27-23-21(18-8-6-5-7-9-18)15-30(24(23)25(29)32)16-22(31)28-20-12-10-19(11-13-20)26(33)34-2/h5-13,15,17H,3-4,14,16H2,1-2H3,(H,28,31). The van der Waals surface area contributed by atoms with Gasteiger partial charge < -0.3 is 14.6 Å². The maximum absolute atomic E-state index is 13.3. The molecular weight excluding hydrogens is 432 g/mol. The number of aryl methyl sites for hydroxylation is 1. The first kappa shape index (κ1) is 23.0. The van der Waals surface area contributed by atoms with Crippen LogP contribution in [0.1, 0.15) is 30.1 Å². The lowest BCUT2D eigenvalue weighted by Crippen LogP contribution is -2.25. The minimum absolute atomic E-state index is 0.0587. The predicted octanol–water partition coefficient (Wildman–Crippen LogP) is 4.09. The van der Waals surface area contributed by atoms with Gasteiger partial charge in [0.05, 0.1) is 19.0 Å². The van der Waals surface area contributed by atoms with E-state index < -0.39 is 5.97 Å². The van der Waals surface area contributed by atoms with Gasteiger partial charge in [0.25, 0.3) is 5.56 Å². The molecule has 0 fully saturated rings. The van der Waals surface area contributed by atoms with Gasteiger partial charge in [-0.05, 0) is 36.2 Å². The van der Waals surface area contributed by atoms with E-state index in [0.29, 0.717) is 28.8 Å². The third-order valence-electron chi connectivity index (χ3n) is 5.58. The van der Waals surface area contributed by atoms with Crippen molar-refractivity contribution in [3.63, 3.8) is 0 Å². The van der Waals surface area contributed by atoms with Crippen molar-refractivity contribution in [1.82, 2.24) is 14.1 Å². The number of fused-ring (bicyclic) bond motifs is 1. The van der Waals surface area contributed by atoms with Crippen LogP contribution in [0.3, 0.4) is 0 Å². The van der Waals surface area contributed by atoms with Crippen LogP contribution in [0.25, 0.3) is 22.2 Å². The SMILES string of the molecule is CCCCn1cnc2c(-c3ccccc3)cn(CC(=O)Nc3ccc(C(=O)OC)cc3)c2c1=O. The molecule has 34 heavy (non-hydrogen) atoms. The fourth-order valence-corrected chi connectivity index (χ4v) is 3.82. The minimum atomic E-state index is -0.447. The number of hydrogen-bond acceptors (Lipinski definition) is 5. The number of benzene rings is 2. The Morgan fingerprint density at radius 2 is 1.76 bits per heavy atom. The highest BCUT2D eigenvalue weighted by Gasteiger charge is 2.18. The molecule has 0 aliphatic carbocycles. The van der Waals surface area contributed by atoms with Gasteiger partial charge in [0.2, 0.25) is 5.91 Å². The molecule has 1 N–H and O–H groups in total. The number of nitrogens with zero attached hydrogens (tertiary/aromatic N) is 3. The number of nitrogens with one attached hydrogen (secondary N) is 1. The lowest BCUT2D eigenvalue weighted by Gasteiger charge is -2.09. The summed E-state index contributed by atoms with van der Waals surface area (Å²) < 4.78 is 7.95. The van der Waals surface area contributed by atoms with Crippen LogP contribution in [0, 0.1) is 0 Å². The molecule has 0 saturated carbocycles. The maximum Gasteiger partial charge on any atom is 0.337 e. The summed E-state index contributed by atoms with van der Waals surface area (Å²) in [6.07, 6.45) is 5.21. The number of carbonyl (C=O) groups excluding carboxylic acids is 2. The van der Waals surface area contributed by atoms with Gasteiger partial charge in [0, 0.05) is 24.0 Å². The lowest BCUT2D eigenvalue weighted by atomic mass is 10.1. The molecule has 2 heterocycles. The molecule has 0 atom stereocenters. The van der Waals surface area contributed by atoms with Crippen LogP contribution in [0.5, 0.6) is 0 Å². The highest BCUT2D eigenvalue weighted by atomic mass is 16.5. The monoisotopic (exact) mass is 458 g/mol. The molecule has 0 spiro atoms. The number of hydrogen-bond donors (Lipinski definition) is 1. The molecule has 8 heteroatoms. The first-order valence-electron chi connectivity index (χ1n) is 11.1. The van der Waals surface area contributed by atoms with E-state index in [4.69, 9.17) is 4.74 Å². The lowest BCUT2D eigenvalue weighted by molar-refractivity contribution is -0.116. The molecule has 8 nitrogen and oxygen atoms in total. The number of methoxy groups -OCH3 is 1. The van der Waals surface area contributed by atoms with E-state index in [2.05, 4.69) is 17.2 Å². The van der Waals surface area contributed by atoms with Gasteiger partial charge in [-0.25, -0.2) is 9.78 Å². The van der Waals surface area contributed by atoms with Gasteiger partial charge in [0.15, 0.2) is 0 Å². The summed E-state index contributed by atoms with van der Waals surface area (Å²) in [5.74, 6) is -0.748. The molecule has 0 saturated heterocycles. The normalized spacial score (nSPS) is 10.9. The van der Waals surface area contributed by atoms with Gasteiger partial charge in [-0.3, -0.25) is 14.2 Å². The van der Waals surface area contributed by atoms with Crippen LogP contribution in [-0.2, 0) is 22.6 Å². The predicted molar refractivity (Wildman–Crippen MR) is 131 cm³/mol. The number of esters is 1. The van der Waals surface area contributed by atoms with E-state index >= 15 is 0 Å². The Kier molecular flexibility index (Phi) is 6.87. The van der Waals surface area contributed by atoms with Crippen LogP contribution in [0.2, 0.25) is 0 Å². The highest BCUT2D eigenvalue weighted by Crippen LogP contribution is 2.27. The van der Waals surface area contributed by atoms with Gasteiger partial charge in [-0.1, -0.05) is 43.7 Å². The molecule has 0 radical (unpaired) electrons. The first-order chi connectivity index (χ1) is 16.5. The molecule has 2 aromatic heterocycles. The van der Waals surface area contributed by atoms with Crippen molar-refractivity contribution in [2.45, 2.75) is 32.9 Å². The number of unbranched alkanes of at least 4 members (excludes halogenated alkanes) is 1. The summed E-state index contributed by atoms with van der Waals surface area (Å²) in [6.45, 7) is 2.58. The largest absolute Gasteiger partial charge is 0.465 e. The molecule has 2 aromatic carbocycles. The fourth-order valence-electron chi connectivity index (χ4n) is 3.82. The zero-order valence-electron chi connectivity index (χ0n) is 19.2. The Labute approximate surface area is 196 Å². The quantitative estimate of drug-likeness (QED) is 0.401. The van der Waals surface area contributed by atoms with E-state index in [0.717, 1.165) is 24.0 Å². The van der Waals surface area contributed by atoms with Gasteiger partial charge in [-0.15, -0.1) is 0 Å². The molecule has 4 rings (SSSR count). The summed E-state index contributed by atoms with van der Waals surface area (Å²) >= 11 is 0. The van der Waals surface area contributed by atoms with Crippen molar-refractivity contribution < 1.29 is 14.3 Å². The second-order valence-corrected chi connectivity index (χ2v) is 7.95. The average molecular weight is 459 g/mol. The van der Waals surface area contributed by atoms with Crippen LogP contribution >= 0.6 is 0 Å². The number of anilines is 1. The molecule has 1 amide bonds. The van der Waals surface area contributed by atoms with Crippen LogP contribution in [0.15, 0.2) is 71.9 Å². The molecule has 0 unspecified atom stereocenters. The number of aromatic nitrogens is 3. The zero-order valence-corrected chi connectivity index (χ0v) is 19.2. The van der Waals surface area contributed by atoms with Gasteiger partial charge >= 0.3 is 5.97 Å². The summed E-state index contributed by atoms with van der Waals surface area (Å²) in [5.41, 5.74) is 3.44. The van der Waals surface area contributed by atoms with Crippen molar-refractivity contribution in [3.8, 4) is 11.1 Å². The van der Waals surface area contributed by atoms with Crippen molar-refractivity contribution in [3.05, 3.63) is 83.0 Å². The second-order valence-electron chi connectivity index (χ2n) is 7.95. The van der Waals surface area contributed by atoms with Crippen LogP contribution in [0.4, 0.5) is 5.69 Å². The fraction of sp³-hybridized carbons (Fsp3) is 0.231. The maximum atomic E-state index is 13.3. The Morgan fingerprint density at radius 1 is 1.03 bits per heavy atom. The Morgan fingerprint density at radius 3 is 2.44 bits per heavy atom. The van der Waals surface area contributed by atoms with Crippen molar-refractivity contribution in [2.24, 2.45) is 0 Å². The summed E-state index contributed by atoms with van der Waals surface area (Å²) in [4.78, 5) is 42.3. The summed E-state index contributed by atoms with van der Waals surface area (Å²) in [6, 6.07) is 16.1. The van der Waals surface area contributed by atoms with Gasteiger partial charge in [0.1, 0.15) is 17.6 Å². The van der Waals surface area contributed by atoms with Crippen LogP contribution in [-0.4, -0.2) is 33.1 Å². The van der Waals surface area contributed by atoms with Crippen LogP contribution < -0.4 is 10.9 Å². The van der Waals surface area contributed by atoms with E-state index in [1.165, 1.54) is 7.11 Å². The number of ether oxygens (including phenoxy) is 1. The topological polar surface area (TPSA) is 95.2 Å². The Balaban J connectivity index is 1.67. The second kappa shape index (κ2) is 10.2. The zero-order chi connectivity index (χ0) is 24.1. The molecular formula is C26H26N4O4. The summed E-state index contributed by atoms with van der Waals surface area (Å²) in [5, 5.41) is 2.82. The number of amides is 1. The van der Waals surface area contributed by atoms with Crippen molar-refractivity contribution in [2.75, 3.05) is 12.4 Å². The van der Waals surface area contributed by atoms with E-state index in [-0.39, 0.29) is 18.0 Å². The smallest absolute Gasteiger partial charge is 0.337 e. The molecule has 174 valence electrons. The molecule has 4 aromatic rings. The third kappa shape index (κ3) is 4.76. The van der Waals surface area contributed by atoms with E-state index in [1.54, 1.807) is 45.9 Å². The van der Waals surface area contributed by atoms with Gasteiger partial charge in [-0.2, -0.15) is 0 Å². The number of rotatable bonds is 8. The average Bonchev–Trinajstić information content (AvgIpc) is 3.23. The van der Waals surface area contributed by atoms with E-state index in [9.17, 15) is 14.4 Å². The van der Waals surface area contributed by atoms with Crippen molar-refractivity contribution >= 4 is 28.6 Å².